The van der Waals surface area contributed by atoms with Gasteiger partial charge in [0.25, 0.3) is 0 Å². The highest BCUT2D eigenvalue weighted by Gasteiger charge is 2.00. The fourth-order valence-corrected chi connectivity index (χ4v) is 1.23. The summed E-state index contributed by atoms with van der Waals surface area (Å²) >= 11 is 5.61. The third kappa shape index (κ3) is 3.08. The number of alkyl halides is 1. The van der Waals surface area contributed by atoms with Crippen LogP contribution in [0.2, 0.25) is 0 Å². The van der Waals surface area contributed by atoms with E-state index >= 15 is 0 Å². The van der Waals surface area contributed by atoms with Crippen LogP contribution in [0.5, 0.6) is 5.75 Å². The van der Waals surface area contributed by atoms with E-state index in [9.17, 15) is 0 Å². The molecule has 0 bridgehead atoms. The van der Waals surface area contributed by atoms with Crippen LogP contribution >= 0.6 is 11.6 Å². The molecule has 0 aliphatic heterocycles. The van der Waals surface area contributed by atoms with Gasteiger partial charge in [0.05, 0.1) is 0 Å². The lowest BCUT2D eigenvalue weighted by molar-refractivity contribution is 0.349. The molecule has 0 aromatic heterocycles. The third-order valence-electron chi connectivity index (χ3n) is 1.97. The van der Waals surface area contributed by atoms with E-state index in [0.29, 0.717) is 12.5 Å². The van der Waals surface area contributed by atoms with E-state index in [1.807, 2.05) is 18.2 Å². The Kier molecular flexibility index (Phi) is 4.54. The van der Waals surface area contributed by atoms with Crippen molar-refractivity contribution in [2.75, 3.05) is 12.5 Å². The number of ether oxygens (including phenoxy) is 1. The van der Waals surface area contributed by atoms with Crippen LogP contribution in [0.25, 0.3) is 0 Å². The maximum Gasteiger partial charge on any atom is 0.122 e. The molecule has 0 aliphatic rings. The molecule has 0 radical (unpaired) electrons. The quantitative estimate of drug-likeness (QED) is 0.535. The highest BCUT2D eigenvalue weighted by atomic mass is 35.5. The van der Waals surface area contributed by atoms with Crippen molar-refractivity contribution in [2.45, 2.75) is 13.3 Å². The molecule has 0 unspecified atom stereocenters. The Morgan fingerprint density at radius 3 is 2.79 bits per heavy atom. The zero-order valence-corrected chi connectivity index (χ0v) is 9.18. The third-order valence-corrected chi connectivity index (χ3v) is 2.35. The van der Waals surface area contributed by atoms with Crippen LogP contribution in [0.3, 0.4) is 0 Å². The molecule has 0 spiro atoms. The first-order chi connectivity index (χ1) is 6.77. The van der Waals surface area contributed by atoms with E-state index in [0.717, 1.165) is 17.7 Å². The van der Waals surface area contributed by atoms with Gasteiger partial charge in [-0.3, -0.25) is 0 Å². The molecule has 1 nitrogen and oxygen atoms in total. The fourth-order valence-electron chi connectivity index (χ4n) is 1.16. The summed E-state index contributed by atoms with van der Waals surface area (Å²) in [6.45, 7) is 6.40. The Morgan fingerprint density at radius 2 is 2.14 bits per heavy atom. The van der Waals surface area contributed by atoms with Crippen LogP contribution < -0.4 is 4.74 Å². The van der Waals surface area contributed by atoms with Crippen LogP contribution in [0, 0.1) is 0 Å². The SMILES string of the molecule is C=C(CCl)COc1ccccc1CC. The Hall–Kier alpha value is -0.950. The molecule has 1 aromatic rings. The summed E-state index contributed by atoms with van der Waals surface area (Å²) in [4.78, 5) is 0. The number of halogens is 1. The summed E-state index contributed by atoms with van der Waals surface area (Å²) in [5.41, 5.74) is 2.12. The summed E-state index contributed by atoms with van der Waals surface area (Å²) < 4.78 is 5.60. The molecular formula is C12H15ClO. The molecule has 76 valence electrons. The Bertz CT molecular complexity index is 307. The van der Waals surface area contributed by atoms with Crippen molar-refractivity contribution < 1.29 is 4.74 Å². The number of hydrogen-bond donors (Lipinski definition) is 0. The Balaban J connectivity index is 2.61. The second kappa shape index (κ2) is 5.71. The number of aryl methyl sites for hydroxylation is 1. The minimum Gasteiger partial charge on any atom is -0.489 e. The first-order valence-corrected chi connectivity index (χ1v) is 5.24. The summed E-state index contributed by atoms with van der Waals surface area (Å²) in [5, 5.41) is 0. The van der Waals surface area contributed by atoms with E-state index in [4.69, 9.17) is 16.3 Å². The van der Waals surface area contributed by atoms with Gasteiger partial charge in [-0.25, -0.2) is 0 Å². The smallest absolute Gasteiger partial charge is 0.122 e. The first-order valence-electron chi connectivity index (χ1n) is 4.71. The largest absolute Gasteiger partial charge is 0.489 e. The van der Waals surface area contributed by atoms with Crippen molar-refractivity contribution in [3.63, 3.8) is 0 Å². The highest BCUT2D eigenvalue weighted by Crippen LogP contribution is 2.18. The fraction of sp³-hybridized carbons (Fsp3) is 0.333. The molecule has 0 N–H and O–H groups in total. The summed E-state index contributed by atoms with van der Waals surface area (Å²) in [5.74, 6) is 1.38. The average molecular weight is 211 g/mol. The molecule has 0 saturated heterocycles. The van der Waals surface area contributed by atoms with E-state index in [-0.39, 0.29) is 0 Å². The normalized spacial score (nSPS) is 9.86. The van der Waals surface area contributed by atoms with E-state index in [1.54, 1.807) is 0 Å². The molecule has 1 rings (SSSR count). The van der Waals surface area contributed by atoms with Crippen molar-refractivity contribution in [2.24, 2.45) is 0 Å². The summed E-state index contributed by atoms with van der Waals surface area (Å²) in [7, 11) is 0. The molecule has 2 heteroatoms. The van der Waals surface area contributed by atoms with Gasteiger partial charge in [-0.05, 0) is 23.6 Å². The van der Waals surface area contributed by atoms with Crippen molar-refractivity contribution in [1.29, 1.82) is 0 Å². The molecule has 0 aliphatic carbocycles. The summed E-state index contributed by atoms with van der Waals surface area (Å²) in [6, 6.07) is 8.03. The molecular weight excluding hydrogens is 196 g/mol. The lowest BCUT2D eigenvalue weighted by Gasteiger charge is -2.10. The zero-order valence-electron chi connectivity index (χ0n) is 8.42. The molecule has 0 atom stereocenters. The van der Waals surface area contributed by atoms with Gasteiger partial charge in [-0.1, -0.05) is 31.7 Å². The van der Waals surface area contributed by atoms with Gasteiger partial charge in [-0.15, -0.1) is 11.6 Å². The Morgan fingerprint density at radius 1 is 1.43 bits per heavy atom. The van der Waals surface area contributed by atoms with Crippen molar-refractivity contribution in [3.8, 4) is 5.75 Å². The Labute approximate surface area is 90.3 Å². The van der Waals surface area contributed by atoms with Crippen molar-refractivity contribution >= 4 is 11.6 Å². The number of hydrogen-bond acceptors (Lipinski definition) is 1. The average Bonchev–Trinajstić information content (AvgIpc) is 2.26. The van der Waals surface area contributed by atoms with E-state index in [2.05, 4.69) is 19.6 Å². The molecule has 0 amide bonds. The van der Waals surface area contributed by atoms with Crippen LogP contribution in [-0.2, 0) is 6.42 Å². The summed E-state index contributed by atoms with van der Waals surface area (Å²) in [6.07, 6.45) is 0.976. The monoisotopic (exact) mass is 210 g/mol. The van der Waals surface area contributed by atoms with Gasteiger partial charge in [0, 0.05) is 5.88 Å². The van der Waals surface area contributed by atoms with Crippen LogP contribution in [0.1, 0.15) is 12.5 Å². The van der Waals surface area contributed by atoms with Crippen molar-refractivity contribution in [3.05, 3.63) is 42.0 Å². The number of rotatable bonds is 5. The molecule has 0 saturated carbocycles. The van der Waals surface area contributed by atoms with E-state index in [1.165, 1.54) is 5.56 Å². The van der Waals surface area contributed by atoms with Gasteiger partial charge in [0.1, 0.15) is 12.4 Å². The van der Waals surface area contributed by atoms with Crippen LogP contribution in [0.15, 0.2) is 36.4 Å². The van der Waals surface area contributed by atoms with Gasteiger partial charge in [-0.2, -0.15) is 0 Å². The highest BCUT2D eigenvalue weighted by molar-refractivity contribution is 6.19. The van der Waals surface area contributed by atoms with Crippen LogP contribution in [-0.4, -0.2) is 12.5 Å². The van der Waals surface area contributed by atoms with Gasteiger partial charge < -0.3 is 4.74 Å². The van der Waals surface area contributed by atoms with Gasteiger partial charge in [0.15, 0.2) is 0 Å². The zero-order chi connectivity index (χ0) is 10.4. The number of benzene rings is 1. The number of para-hydroxylation sites is 1. The second-order valence-corrected chi connectivity index (χ2v) is 3.40. The molecule has 14 heavy (non-hydrogen) atoms. The minimum absolute atomic E-state index is 0.453. The lowest BCUT2D eigenvalue weighted by atomic mass is 10.1. The standard InChI is InChI=1S/C12H15ClO/c1-3-11-6-4-5-7-12(11)14-9-10(2)8-13/h4-7H,2-3,8-9H2,1H3. The van der Waals surface area contributed by atoms with Crippen LogP contribution in [0.4, 0.5) is 0 Å². The molecule has 0 heterocycles. The molecule has 1 aromatic carbocycles. The lowest BCUT2D eigenvalue weighted by Crippen LogP contribution is -2.02. The maximum atomic E-state index is 5.61. The predicted molar refractivity (Wildman–Crippen MR) is 61.2 cm³/mol. The predicted octanol–water partition coefficient (Wildman–Crippen LogP) is 3.42. The molecule has 0 fully saturated rings. The van der Waals surface area contributed by atoms with E-state index < -0.39 is 0 Å². The van der Waals surface area contributed by atoms with Crippen molar-refractivity contribution in [1.82, 2.24) is 0 Å². The maximum absolute atomic E-state index is 5.61. The second-order valence-electron chi connectivity index (χ2n) is 3.13. The first kappa shape index (κ1) is 11.1. The topological polar surface area (TPSA) is 9.23 Å². The minimum atomic E-state index is 0.453. The van der Waals surface area contributed by atoms with Gasteiger partial charge >= 0.3 is 0 Å². The van der Waals surface area contributed by atoms with Gasteiger partial charge in [0.2, 0.25) is 0 Å².